The predicted molar refractivity (Wildman–Crippen MR) is 81.9 cm³/mol. The molecular formula is C16H18ClNO4. The SMILES string of the molecule is C[C@@H](C(=O)O)C(=O)N1CCC(C(=O)c2ccc(Cl)cc2)CC1. The fourth-order valence-corrected chi connectivity index (χ4v) is 2.72. The van der Waals surface area contributed by atoms with Crippen molar-refractivity contribution in [2.24, 2.45) is 11.8 Å². The molecule has 1 heterocycles. The average molecular weight is 324 g/mol. The molecule has 1 aliphatic heterocycles. The van der Waals surface area contributed by atoms with Crippen molar-refractivity contribution >= 4 is 29.3 Å². The van der Waals surface area contributed by atoms with Gasteiger partial charge in [0, 0.05) is 29.6 Å². The van der Waals surface area contributed by atoms with E-state index >= 15 is 0 Å². The van der Waals surface area contributed by atoms with Gasteiger partial charge in [0.2, 0.25) is 5.91 Å². The Labute approximate surface area is 133 Å². The summed E-state index contributed by atoms with van der Waals surface area (Å²) in [6.45, 7) is 2.22. The Morgan fingerprint density at radius 3 is 2.23 bits per heavy atom. The van der Waals surface area contributed by atoms with E-state index in [4.69, 9.17) is 16.7 Å². The van der Waals surface area contributed by atoms with Crippen LogP contribution in [-0.2, 0) is 9.59 Å². The molecule has 0 aliphatic carbocycles. The Morgan fingerprint density at radius 2 is 1.73 bits per heavy atom. The first-order chi connectivity index (χ1) is 10.4. The quantitative estimate of drug-likeness (QED) is 0.682. The van der Waals surface area contributed by atoms with Crippen LogP contribution in [0.3, 0.4) is 0 Å². The lowest BCUT2D eigenvalue weighted by molar-refractivity contribution is -0.150. The number of likely N-dealkylation sites (tertiary alicyclic amines) is 1. The van der Waals surface area contributed by atoms with E-state index < -0.39 is 11.9 Å². The van der Waals surface area contributed by atoms with Gasteiger partial charge in [-0.3, -0.25) is 14.4 Å². The van der Waals surface area contributed by atoms with Crippen molar-refractivity contribution < 1.29 is 19.5 Å². The first kappa shape index (κ1) is 16.5. The van der Waals surface area contributed by atoms with E-state index in [2.05, 4.69) is 0 Å². The zero-order valence-electron chi connectivity index (χ0n) is 12.3. The summed E-state index contributed by atoms with van der Waals surface area (Å²) in [5, 5.41) is 9.46. The van der Waals surface area contributed by atoms with Gasteiger partial charge in [-0.1, -0.05) is 11.6 Å². The second-order valence-electron chi connectivity index (χ2n) is 5.53. The number of aliphatic carboxylic acids is 1. The third-order valence-electron chi connectivity index (χ3n) is 4.05. The molecule has 0 radical (unpaired) electrons. The van der Waals surface area contributed by atoms with Crippen LogP contribution in [0.4, 0.5) is 0 Å². The minimum atomic E-state index is -1.12. The molecule has 5 nitrogen and oxygen atoms in total. The van der Waals surface area contributed by atoms with Crippen LogP contribution in [0.5, 0.6) is 0 Å². The van der Waals surface area contributed by atoms with Gasteiger partial charge < -0.3 is 10.0 Å². The number of hydrogen-bond donors (Lipinski definition) is 1. The van der Waals surface area contributed by atoms with Gasteiger partial charge >= 0.3 is 5.97 Å². The summed E-state index contributed by atoms with van der Waals surface area (Å²) in [6.07, 6.45) is 1.11. The van der Waals surface area contributed by atoms with E-state index in [-0.39, 0.29) is 17.6 Å². The summed E-state index contributed by atoms with van der Waals surface area (Å²) in [4.78, 5) is 36.7. The highest BCUT2D eigenvalue weighted by atomic mass is 35.5. The maximum Gasteiger partial charge on any atom is 0.315 e. The molecule has 0 unspecified atom stereocenters. The van der Waals surface area contributed by atoms with Crippen LogP contribution >= 0.6 is 11.6 Å². The number of carbonyl (C=O) groups excluding carboxylic acids is 2. The number of ketones is 1. The molecule has 1 amide bonds. The molecule has 22 heavy (non-hydrogen) atoms. The number of halogens is 1. The summed E-state index contributed by atoms with van der Waals surface area (Å²) in [6, 6.07) is 6.77. The zero-order valence-corrected chi connectivity index (χ0v) is 13.0. The Balaban J connectivity index is 1.94. The van der Waals surface area contributed by atoms with Gasteiger partial charge in [0.1, 0.15) is 5.92 Å². The second-order valence-corrected chi connectivity index (χ2v) is 5.97. The molecule has 1 aromatic rings. The molecule has 118 valence electrons. The van der Waals surface area contributed by atoms with Crippen molar-refractivity contribution in [3.05, 3.63) is 34.9 Å². The fraction of sp³-hybridized carbons (Fsp3) is 0.438. The number of carbonyl (C=O) groups is 3. The van der Waals surface area contributed by atoms with Crippen molar-refractivity contribution in [3.63, 3.8) is 0 Å². The zero-order chi connectivity index (χ0) is 16.3. The van der Waals surface area contributed by atoms with E-state index in [1.165, 1.54) is 11.8 Å². The molecule has 2 rings (SSSR count). The van der Waals surface area contributed by atoms with Crippen LogP contribution < -0.4 is 0 Å². The van der Waals surface area contributed by atoms with Crippen LogP contribution in [0, 0.1) is 11.8 Å². The number of carboxylic acid groups (broad SMARTS) is 1. The van der Waals surface area contributed by atoms with E-state index in [1.807, 2.05) is 0 Å². The van der Waals surface area contributed by atoms with E-state index in [9.17, 15) is 14.4 Å². The highest BCUT2D eigenvalue weighted by Crippen LogP contribution is 2.23. The minimum Gasteiger partial charge on any atom is -0.481 e. The second kappa shape index (κ2) is 6.92. The number of rotatable bonds is 4. The molecule has 0 saturated carbocycles. The molecule has 1 aliphatic rings. The number of hydrogen-bond acceptors (Lipinski definition) is 3. The van der Waals surface area contributed by atoms with E-state index in [0.29, 0.717) is 36.5 Å². The Hall–Kier alpha value is -1.88. The third kappa shape index (κ3) is 3.65. The van der Waals surface area contributed by atoms with Gasteiger partial charge in [-0.25, -0.2) is 0 Å². The van der Waals surface area contributed by atoms with Gasteiger partial charge in [0.15, 0.2) is 5.78 Å². The topological polar surface area (TPSA) is 74.7 Å². The minimum absolute atomic E-state index is 0.0510. The average Bonchev–Trinajstić information content (AvgIpc) is 2.53. The number of piperidine rings is 1. The van der Waals surface area contributed by atoms with Crippen molar-refractivity contribution in [1.29, 1.82) is 0 Å². The van der Waals surface area contributed by atoms with E-state index in [1.54, 1.807) is 24.3 Å². The van der Waals surface area contributed by atoms with Gasteiger partial charge in [-0.05, 0) is 44.0 Å². The maximum absolute atomic E-state index is 12.4. The number of carboxylic acids is 1. The normalized spacial score (nSPS) is 17.1. The smallest absolute Gasteiger partial charge is 0.315 e. The number of amides is 1. The molecule has 1 atom stereocenters. The van der Waals surface area contributed by atoms with Gasteiger partial charge in [0.05, 0.1) is 0 Å². The lowest BCUT2D eigenvalue weighted by Crippen LogP contribution is -2.44. The largest absolute Gasteiger partial charge is 0.481 e. The first-order valence-corrected chi connectivity index (χ1v) is 7.59. The molecule has 1 saturated heterocycles. The predicted octanol–water partition coefficient (Wildman–Crippen LogP) is 2.48. The third-order valence-corrected chi connectivity index (χ3v) is 4.30. The van der Waals surface area contributed by atoms with Crippen molar-refractivity contribution in [3.8, 4) is 0 Å². The number of nitrogens with zero attached hydrogens (tertiary/aromatic N) is 1. The van der Waals surface area contributed by atoms with Crippen LogP contribution in [0.1, 0.15) is 30.1 Å². The standard InChI is InChI=1S/C16H18ClNO4/c1-10(16(21)22)15(20)18-8-6-12(7-9-18)14(19)11-2-4-13(17)5-3-11/h2-5,10,12H,6-9H2,1H3,(H,21,22)/t10-/m1/s1. The highest BCUT2D eigenvalue weighted by Gasteiger charge is 2.31. The lowest BCUT2D eigenvalue weighted by atomic mass is 9.88. The Kier molecular flexibility index (Phi) is 5.19. The number of Topliss-reactive ketones (excluding diaryl/α,β-unsaturated/α-hetero) is 1. The first-order valence-electron chi connectivity index (χ1n) is 7.21. The maximum atomic E-state index is 12.4. The van der Waals surface area contributed by atoms with Crippen molar-refractivity contribution in [1.82, 2.24) is 4.90 Å². The molecule has 0 bridgehead atoms. The lowest BCUT2D eigenvalue weighted by Gasteiger charge is -2.32. The summed E-state index contributed by atoms with van der Waals surface area (Å²) < 4.78 is 0. The van der Waals surface area contributed by atoms with Crippen LogP contribution in [-0.4, -0.2) is 40.8 Å². The van der Waals surface area contributed by atoms with E-state index in [0.717, 1.165) is 0 Å². The summed E-state index contributed by atoms with van der Waals surface area (Å²) >= 11 is 5.81. The Morgan fingerprint density at radius 1 is 1.18 bits per heavy atom. The summed E-state index contributed by atoms with van der Waals surface area (Å²) in [7, 11) is 0. The molecule has 1 N–H and O–H groups in total. The molecule has 1 aromatic carbocycles. The Bertz CT molecular complexity index is 576. The molecule has 0 aromatic heterocycles. The number of benzene rings is 1. The fourth-order valence-electron chi connectivity index (χ4n) is 2.59. The monoisotopic (exact) mass is 323 g/mol. The van der Waals surface area contributed by atoms with Gasteiger partial charge in [-0.2, -0.15) is 0 Å². The van der Waals surface area contributed by atoms with Crippen LogP contribution in [0.15, 0.2) is 24.3 Å². The highest BCUT2D eigenvalue weighted by molar-refractivity contribution is 6.30. The molecule has 6 heteroatoms. The van der Waals surface area contributed by atoms with Gasteiger partial charge in [-0.15, -0.1) is 0 Å². The van der Waals surface area contributed by atoms with Crippen molar-refractivity contribution in [2.45, 2.75) is 19.8 Å². The molecular weight excluding hydrogens is 306 g/mol. The van der Waals surface area contributed by atoms with Crippen molar-refractivity contribution in [2.75, 3.05) is 13.1 Å². The van der Waals surface area contributed by atoms with Crippen LogP contribution in [0.25, 0.3) is 0 Å². The van der Waals surface area contributed by atoms with Crippen LogP contribution in [0.2, 0.25) is 5.02 Å². The molecule has 1 fully saturated rings. The van der Waals surface area contributed by atoms with Gasteiger partial charge in [0.25, 0.3) is 0 Å². The summed E-state index contributed by atoms with van der Waals surface area (Å²) in [5.74, 6) is -2.63. The summed E-state index contributed by atoms with van der Waals surface area (Å²) in [5.41, 5.74) is 0.619. The molecule has 0 spiro atoms.